The number of hydrogen-bond donors (Lipinski definition) is 0. The molecule has 0 N–H and O–H groups in total. The first-order valence-corrected chi connectivity index (χ1v) is 10.9. The van der Waals surface area contributed by atoms with Crippen LogP contribution in [0.1, 0.15) is 96.8 Å². The van der Waals surface area contributed by atoms with E-state index in [4.69, 9.17) is 0 Å². The molecular weight excluding hydrogens is 264 g/mol. The zero-order valence-electron chi connectivity index (χ0n) is 14.9. The summed E-state index contributed by atoms with van der Waals surface area (Å²) in [5.74, 6) is 7.90. The van der Waals surface area contributed by atoms with E-state index in [0.717, 1.165) is 41.4 Å². The van der Waals surface area contributed by atoms with Crippen LogP contribution in [-0.4, -0.2) is 0 Å². The van der Waals surface area contributed by atoms with Crippen LogP contribution < -0.4 is 0 Å². The first-order valence-electron chi connectivity index (χ1n) is 10.9. The summed E-state index contributed by atoms with van der Waals surface area (Å²) in [6, 6.07) is 0. The summed E-state index contributed by atoms with van der Waals surface area (Å²) < 4.78 is 0. The highest BCUT2D eigenvalue weighted by atomic mass is 14.5. The van der Waals surface area contributed by atoms with Gasteiger partial charge in [0.15, 0.2) is 0 Å². The fourth-order valence-electron chi connectivity index (χ4n) is 7.68. The van der Waals surface area contributed by atoms with Crippen molar-refractivity contribution in [3.63, 3.8) is 0 Å². The molecule has 0 aliphatic heterocycles. The Balaban J connectivity index is 1.58. The van der Waals surface area contributed by atoms with Crippen LogP contribution in [0.2, 0.25) is 0 Å². The predicted molar refractivity (Wildman–Crippen MR) is 94.7 cm³/mol. The van der Waals surface area contributed by atoms with E-state index in [9.17, 15) is 0 Å². The third-order valence-corrected chi connectivity index (χ3v) is 8.56. The minimum absolute atomic E-state index is 1.09. The molecule has 0 aromatic carbocycles. The van der Waals surface area contributed by atoms with Gasteiger partial charge in [0.05, 0.1) is 0 Å². The normalized spacial score (nSPS) is 49.2. The van der Waals surface area contributed by atoms with Gasteiger partial charge in [-0.3, -0.25) is 0 Å². The van der Waals surface area contributed by atoms with Crippen LogP contribution in [-0.2, 0) is 0 Å². The van der Waals surface area contributed by atoms with Crippen LogP contribution in [0.3, 0.4) is 0 Å². The first-order chi connectivity index (χ1) is 10.9. The Kier molecular flexibility index (Phi) is 4.84. The van der Waals surface area contributed by atoms with Gasteiger partial charge in [-0.1, -0.05) is 64.7 Å². The Morgan fingerprint density at radius 2 is 1.14 bits per heavy atom. The van der Waals surface area contributed by atoms with E-state index in [1.54, 1.807) is 83.5 Å². The molecule has 0 spiro atoms. The van der Waals surface area contributed by atoms with E-state index in [1.807, 2.05) is 0 Å². The van der Waals surface area contributed by atoms with Gasteiger partial charge in [0.25, 0.3) is 0 Å². The van der Waals surface area contributed by atoms with Crippen LogP contribution in [0.15, 0.2) is 0 Å². The molecule has 4 saturated carbocycles. The molecule has 0 heterocycles. The zero-order chi connectivity index (χ0) is 14.9. The minimum Gasteiger partial charge on any atom is -0.0651 e. The van der Waals surface area contributed by atoms with Gasteiger partial charge in [-0.2, -0.15) is 0 Å². The van der Waals surface area contributed by atoms with Gasteiger partial charge < -0.3 is 0 Å². The monoisotopic (exact) mass is 302 g/mol. The summed E-state index contributed by atoms with van der Waals surface area (Å²) in [6.45, 7) is 2.50. The van der Waals surface area contributed by atoms with Gasteiger partial charge in [0, 0.05) is 0 Å². The zero-order valence-corrected chi connectivity index (χ0v) is 14.9. The van der Waals surface area contributed by atoms with Crippen LogP contribution in [0.4, 0.5) is 0 Å². The molecule has 4 rings (SSSR count). The Bertz CT molecular complexity index is 357. The standard InChI is InChI=1S/C22H38/c1-2-16-14-15-18-9-4-6-12-20(18)22(16)21-13-7-10-17-8-3-5-11-19(17)21/h16-22H,2-15H2,1H3. The fourth-order valence-corrected chi connectivity index (χ4v) is 7.68. The van der Waals surface area contributed by atoms with Crippen LogP contribution in [0.25, 0.3) is 0 Å². The topological polar surface area (TPSA) is 0 Å². The maximum atomic E-state index is 2.50. The van der Waals surface area contributed by atoms with Crippen LogP contribution >= 0.6 is 0 Å². The summed E-state index contributed by atoms with van der Waals surface area (Å²) in [4.78, 5) is 0. The highest BCUT2D eigenvalue weighted by Gasteiger charge is 2.47. The lowest BCUT2D eigenvalue weighted by atomic mass is 9.51. The van der Waals surface area contributed by atoms with Crippen molar-refractivity contribution in [2.45, 2.75) is 96.8 Å². The summed E-state index contributed by atoms with van der Waals surface area (Å²) in [7, 11) is 0. The summed E-state index contributed by atoms with van der Waals surface area (Å²) in [5.41, 5.74) is 0. The van der Waals surface area contributed by atoms with Crippen molar-refractivity contribution in [1.29, 1.82) is 0 Å². The van der Waals surface area contributed by atoms with E-state index in [-0.39, 0.29) is 0 Å². The molecular formula is C22H38. The van der Waals surface area contributed by atoms with E-state index >= 15 is 0 Å². The smallest absolute Gasteiger partial charge is 0.0324 e. The van der Waals surface area contributed by atoms with Gasteiger partial charge in [0.2, 0.25) is 0 Å². The van der Waals surface area contributed by atoms with Crippen molar-refractivity contribution < 1.29 is 0 Å². The SMILES string of the molecule is CCC1CCC2CCCCC2C1C1CCCC2CCCCC21. The molecule has 4 aliphatic carbocycles. The second-order valence-corrected chi connectivity index (χ2v) is 9.33. The van der Waals surface area contributed by atoms with Gasteiger partial charge in [-0.05, 0) is 73.5 Å². The lowest BCUT2D eigenvalue weighted by Gasteiger charge is -2.54. The highest BCUT2D eigenvalue weighted by molar-refractivity contribution is 4.97. The summed E-state index contributed by atoms with van der Waals surface area (Å²) in [5, 5.41) is 0. The molecule has 126 valence electrons. The Hall–Kier alpha value is 0. The minimum atomic E-state index is 1.09. The van der Waals surface area contributed by atoms with Crippen molar-refractivity contribution >= 4 is 0 Å². The molecule has 0 radical (unpaired) electrons. The average molecular weight is 303 g/mol. The van der Waals surface area contributed by atoms with E-state index in [2.05, 4.69) is 6.92 Å². The van der Waals surface area contributed by atoms with Crippen molar-refractivity contribution in [2.24, 2.45) is 41.4 Å². The van der Waals surface area contributed by atoms with E-state index in [0.29, 0.717) is 0 Å². The van der Waals surface area contributed by atoms with Crippen molar-refractivity contribution in [2.75, 3.05) is 0 Å². The second-order valence-electron chi connectivity index (χ2n) is 9.33. The number of fused-ring (bicyclic) bond motifs is 2. The molecule has 0 heteroatoms. The molecule has 7 unspecified atom stereocenters. The molecule has 22 heavy (non-hydrogen) atoms. The van der Waals surface area contributed by atoms with Gasteiger partial charge in [-0.15, -0.1) is 0 Å². The Morgan fingerprint density at radius 1 is 0.545 bits per heavy atom. The fraction of sp³-hybridized carbons (Fsp3) is 1.00. The van der Waals surface area contributed by atoms with Crippen LogP contribution in [0.5, 0.6) is 0 Å². The molecule has 0 aromatic rings. The average Bonchev–Trinajstić information content (AvgIpc) is 2.60. The summed E-state index contributed by atoms with van der Waals surface area (Å²) >= 11 is 0. The molecule has 0 nitrogen and oxygen atoms in total. The first kappa shape index (κ1) is 15.5. The molecule has 4 fully saturated rings. The molecule has 0 bridgehead atoms. The van der Waals surface area contributed by atoms with Crippen molar-refractivity contribution in [3.8, 4) is 0 Å². The summed E-state index contributed by atoms with van der Waals surface area (Å²) in [6.07, 6.45) is 21.9. The molecule has 7 atom stereocenters. The largest absolute Gasteiger partial charge is 0.0651 e. The van der Waals surface area contributed by atoms with E-state index < -0.39 is 0 Å². The number of rotatable bonds is 2. The van der Waals surface area contributed by atoms with Gasteiger partial charge in [0.1, 0.15) is 0 Å². The number of hydrogen-bond acceptors (Lipinski definition) is 0. The second kappa shape index (κ2) is 6.86. The van der Waals surface area contributed by atoms with Gasteiger partial charge in [-0.25, -0.2) is 0 Å². The quantitative estimate of drug-likeness (QED) is 0.524. The lowest BCUT2D eigenvalue weighted by Crippen LogP contribution is -2.45. The van der Waals surface area contributed by atoms with Crippen LogP contribution in [0, 0.1) is 41.4 Å². The van der Waals surface area contributed by atoms with Crippen molar-refractivity contribution in [3.05, 3.63) is 0 Å². The van der Waals surface area contributed by atoms with Gasteiger partial charge >= 0.3 is 0 Å². The Labute approximate surface area is 138 Å². The maximum Gasteiger partial charge on any atom is -0.0324 e. The third kappa shape index (κ3) is 2.78. The molecule has 0 aromatic heterocycles. The van der Waals surface area contributed by atoms with Crippen molar-refractivity contribution in [1.82, 2.24) is 0 Å². The predicted octanol–water partition coefficient (Wildman–Crippen LogP) is 6.84. The molecule has 0 saturated heterocycles. The molecule has 0 amide bonds. The highest BCUT2D eigenvalue weighted by Crippen LogP contribution is 2.56. The van der Waals surface area contributed by atoms with E-state index in [1.165, 1.54) is 6.42 Å². The third-order valence-electron chi connectivity index (χ3n) is 8.56. The maximum absolute atomic E-state index is 2.50. The lowest BCUT2D eigenvalue weighted by molar-refractivity contribution is -0.0421. The Morgan fingerprint density at radius 3 is 1.91 bits per heavy atom. The molecule has 4 aliphatic rings.